The highest BCUT2D eigenvalue weighted by Gasteiger charge is 2.56. The van der Waals surface area contributed by atoms with E-state index < -0.39 is 21.7 Å². The Bertz CT molecular complexity index is 1080. The average molecular weight is 437 g/mol. The molecule has 29 heavy (non-hydrogen) atoms. The van der Waals surface area contributed by atoms with Gasteiger partial charge in [0.05, 0.1) is 16.7 Å². The number of nitrogens with zero attached hydrogens (tertiary/aromatic N) is 4. The summed E-state index contributed by atoms with van der Waals surface area (Å²) >= 11 is 0.953. The van der Waals surface area contributed by atoms with Crippen LogP contribution in [0.15, 0.2) is 18.6 Å². The molecule has 2 aromatic heterocycles. The number of anilines is 1. The van der Waals surface area contributed by atoms with Crippen LogP contribution in [0.3, 0.4) is 0 Å². The summed E-state index contributed by atoms with van der Waals surface area (Å²) in [7, 11) is -3.80. The maximum Gasteiger partial charge on any atom is 0.280 e. The standard InChI is InChI=1S/C17H20N6O4S2/c24-13-8-28-16(25)12(13)7-21-29(26,27)23-6-5-22(9-17(23)2-3-17)15-11-1-4-18-14(11)19-10-20-15/h1,4,10,12,21H,2-3,5-9H2,(H,18,19,20). The summed E-state index contributed by atoms with van der Waals surface area (Å²) in [6, 6.07) is 1.92. The van der Waals surface area contributed by atoms with Gasteiger partial charge in [-0.15, -0.1) is 0 Å². The van der Waals surface area contributed by atoms with Gasteiger partial charge in [-0.1, -0.05) is 11.8 Å². The molecular weight excluding hydrogens is 416 g/mol. The van der Waals surface area contributed by atoms with Crippen LogP contribution < -0.4 is 9.62 Å². The van der Waals surface area contributed by atoms with Crippen molar-refractivity contribution >= 4 is 49.7 Å². The van der Waals surface area contributed by atoms with Gasteiger partial charge in [-0.05, 0) is 18.9 Å². The molecule has 5 rings (SSSR count). The number of hydrogen-bond acceptors (Lipinski definition) is 8. The fourth-order valence-electron chi connectivity index (χ4n) is 4.12. The van der Waals surface area contributed by atoms with Gasteiger partial charge in [0.2, 0.25) is 5.12 Å². The van der Waals surface area contributed by atoms with Crippen LogP contribution in [-0.4, -0.2) is 76.0 Å². The second-order valence-corrected chi connectivity index (χ2v) is 10.3. The predicted octanol–water partition coefficient (Wildman–Crippen LogP) is -0.0944. The van der Waals surface area contributed by atoms with Crippen LogP contribution in [0.1, 0.15) is 12.8 Å². The summed E-state index contributed by atoms with van der Waals surface area (Å²) in [5, 5.41) is 0.649. The zero-order chi connectivity index (χ0) is 20.2. The molecule has 0 bridgehead atoms. The van der Waals surface area contributed by atoms with Crippen molar-refractivity contribution in [3.63, 3.8) is 0 Å². The lowest BCUT2D eigenvalue weighted by Crippen LogP contribution is -2.60. The van der Waals surface area contributed by atoms with E-state index in [0.29, 0.717) is 19.6 Å². The third kappa shape index (κ3) is 3.23. The molecule has 0 amide bonds. The predicted molar refractivity (Wildman–Crippen MR) is 108 cm³/mol. The molecule has 0 radical (unpaired) electrons. The van der Waals surface area contributed by atoms with Crippen molar-refractivity contribution in [2.24, 2.45) is 5.92 Å². The Hall–Kier alpha value is -2.02. The van der Waals surface area contributed by atoms with Crippen molar-refractivity contribution in [1.29, 1.82) is 0 Å². The van der Waals surface area contributed by atoms with E-state index in [0.717, 1.165) is 41.5 Å². The van der Waals surface area contributed by atoms with E-state index in [4.69, 9.17) is 0 Å². The number of fused-ring (bicyclic) bond motifs is 1. The Labute approximate surface area is 171 Å². The number of H-pyrrole nitrogens is 1. The molecule has 4 heterocycles. The van der Waals surface area contributed by atoms with Gasteiger partial charge in [-0.2, -0.15) is 12.7 Å². The monoisotopic (exact) mass is 436 g/mol. The van der Waals surface area contributed by atoms with Crippen LogP contribution >= 0.6 is 11.8 Å². The van der Waals surface area contributed by atoms with Crippen LogP contribution in [0.4, 0.5) is 5.82 Å². The second kappa shape index (κ2) is 6.76. The van der Waals surface area contributed by atoms with E-state index in [1.54, 1.807) is 0 Å². The fourth-order valence-corrected chi connectivity index (χ4v) is 6.63. The summed E-state index contributed by atoms with van der Waals surface area (Å²) in [4.78, 5) is 37.4. The molecular formula is C17H20N6O4S2. The first kappa shape index (κ1) is 19.0. The SMILES string of the molecule is O=C1CSC(=O)C1CNS(=O)(=O)N1CCN(c2ncnc3[nH]ccc23)CC12CC2. The van der Waals surface area contributed by atoms with E-state index >= 15 is 0 Å². The summed E-state index contributed by atoms with van der Waals surface area (Å²) in [5.74, 6) is -0.172. The lowest BCUT2D eigenvalue weighted by molar-refractivity contribution is -0.125. The molecule has 0 aromatic carbocycles. The van der Waals surface area contributed by atoms with Gasteiger partial charge >= 0.3 is 0 Å². The van der Waals surface area contributed by atoms with Gasteiger partial charge in [-0.3, -0.25) is 9.59 Å². The minimum absolute atomic E-state index is 0.125. The molecule has 154 valence electrons. The summed E-state index contributed by atoms with van der Waals surface area (Å²) < 4.78 is 29.9. The topological polar surface area (TPSA) is 128 Å². The molecule has 2 saturated heterocycles. The third-order valence-electron chi connectivity index (χ3n) is 5.84. The van der Waals surface area contributed by atoms with E-state index in [1.807, 2.05) is 12.3 Å². The highest BCUT2D eigenvalue weighted by atomic mass is 32.2. The second-order valence-electron chi connectivity index (χ2n) is 7.64. The van der Waals surface area contributed by atoms with Crippen LogP contribution in [0, 0.1) is 5.92 Å². The van der Waals surface area contributed by atoms with Gasteiger partial charge in [-0.25, -0.2) is 14.7 Å². The Morgan fingerprint density at radius 1 is 1.28 bits per heavy atom. The molecule has 2 N–H and O–H groups in total. The molecule has 1 saturated carbocycles. The molecule has 2 aromatic rings. The number of hydrogen-bond donors (Lipinski definition) is 2. The van der Waals surface area contributed by atoms with Crippen molar-refractivity contribution in [2.45, 2.75) is 18.4 Å². The van der Waals surface area contributed by atoms with Gasteiger partial charge in [0.1, 0.15) is 23.7 Å². The highest BCUT2D eigenvalue weighted by Crippen LogP contribution is 2.46. The van der Waals surface area contributed by atoms with Gasteiger partial charge in [0, 0.05) is 32.4 Å². The molecule has 1 unspecified atom stereocenters. The van der Waals surface area contributed by atoms with Crippen molar-refractivity contribution in [3.8, 4) is 0 Å². The molecule has 1 spiro atoms. The fraction of sp³-hybridized carbons (Fsp3) is 0.529. The minimum atomic E-state index is -3.80. The summed E-state index contributed by atoms with van der Waals surface area (Å²) in [6.45, 7) is 1.19. The number of rotatable bonds is 5. The number of nitrogens with one attached hydrogen (secondary N) is 2. The molecule has 1 aliphatic carbocycles. The van der Waals surface area contributed by atoms with Gasteiger partial charge < -0.3 is 9.88 Å². The molecule has 3 aliphatic rings. The number of carbonyl (C=O) groups is 2. The van der Waals surface area contributed by atoms with Crippen LogP contribution in [0.5, 0.6) is 0 Å². The number of Topliss-reactive ketones (excluding diaryl/α,β-unsaturated/α-hetero) is 1. The van der Waals surface area contributed by atoms with Crippen molar-refractivity contribution < 1.29 is 18.0 Å². The molecule has 2 aliphatic heterocycles. The van der Waals surface area contributed by atoms with Gasteiger partial charge in [0.15, 0.2) is 5.78 Å². The summed E-state index contributed by atoms with van der Waals surface area (Å²) in [5.41, 5.74) is 0.274. The number of ketones is 1. The van der Waals surface area contributed by atoms with Crippen molar-refractivity contribution in [3.05, 3.63) is 18.6 Å². The lowest BCUT2D eigenvalue weighted by atomic mass is 10.1. The first-order valence-electron chi connectivity index (χ1n) is 9.39. The quantitative estimate of drug-likeness (QED) is 0.622. The minimum Gasteiger partial charge on any atom is -0.353 e. The smallest absolute Gasteiger partial charge is 0.280 e. The van der Waals surface area contributed by atoms with Crippen LogP contribution in [-0.2, 0) is 19.8 Å². The van der Waals surface area contributed by atoms with Crippen molar-refractivity contribution in [1.82, 2.24) is 24.0 Å². The van der Waals surface area contributed by atoms with E-state index in [1.165, 1.54) is 10.6 Å². The number of thioether (sulfide) groups is 1. The maximum atomic E-state index is 13.0. The highest BCUT2D eigenvalue weighted by molar-refractivity contribution is 8.15. The third-order valence-corrected chi connectivity index (χ3v) is 8.52. The number of carbonyl (C=O) groups excluding carboxylic acids is 2. The summed E-state index contributed by atoms with van der Waals surface area (Å²) in [6.07, 6.45) is 4.85. The first-order chi connectivity index (χ1) is 13.9. The normalized spacial score (nSPS) is 24.7. The Morgan fingerprint density at radius 3 is 2.83 bits per heavy atom. The zero-order valence-corrected chi connectivity index (χ0v) is 17.1. The van der Waals surface area contributed by atoms with E-state index in [-0.39, 0.29) is 23.2 Å². The van der Waals surface area contributed by atoms with Crippen LogP contribution in [0.2, 0.25) is 0 Å². The average Bonchev–Trinajstić information content (AvgIpc) is 3.13. The largest absolute Gasteiger partial charge is 0.353 e. The van der Waals surface area contributed by atoms with E-state index in [9.17, 15) is 18.0 Å². The molecule has 12 heteroatoms. The number of aromatic nitrogens is 3. The lowest BCUT2D eigenvalue weighted by Gasteiger charge is -2.41. The first-order valence-corrected chi connectivity index (χ1v) is 11.8. The Morgan fingerprint density at radius 2 is 2.10 bits per heavy atom. The Kier molecular flexibility index (Phi) is 4.42. The number of piperazine rings is 1. The molecule has 10 nitrogen and oxygen atoms in total. The van der Waals surface area contributed by atoms with E-state index in [2.05, 4.69) is 24.6 Å². The van der Waals surface area contributed by atoms with Crippen molar-refractivity contribution in [2.75, 3.05) is 36.8 Å². The maximum absolute atomic E-state index is 13.0. The van der Waals surface area contributed by atoms with Gasteiger partial charge in [0.25, 0.3) is 10.2 Å². The zero-order valence-electron chi connectivity index (χ0n) is 15.5. The number of aromatic amines is 1. The van der Waals surface area contributed by atoms with Crippen LogP contribution in [0.25, 0.3) is 11.0 Å². The Balaban J connectivity index is 1.33. The molecule has 3 fully saturated rings. The molecule has 1 atom stereocenters.